The van der Waals surface area contributed by atoms with Crippen LogP contribution >= 0.6 is 24.0 Å². The summed E-state index contributed by atoms with van der Waals surface area (Å²) >= 11 is 0. The highest BCUT2D eigenvalue weighted by Crippen LogP contribution is 2.42. The van der Waals surface area contributed by atoms with Crippen LogP contribution in [0.2, 0.25) is 0 Å². The molecule has 0 atom stereocenters. The van der Waals surface area contributed by atoms with Crippen molar-refractivity contribution >= 4 is 29.9 Å². The summed E-state index contributed by atoms with van der Waals surface area (Å²) in [6, 6.07) is 0. The molecule has 1 heterocycles. The van der Waals surface area contributed by atoms with E-state index in [2.05, 4.69) is 40.8 Å². The lowest BCUT2D eigenvalue weighted by atomic mass is 9.67. The van der Waals surface area contributed by atoms with Gasteiger partial charge < -0.3 is 10.6 Å². The highest BCUT2D eigenvalue weighted by atomic mass is 127. The number of hydrogen-bond acceptors (Lipinski definition) is 2. The first-order chi connectivity index (χ1) is 9.67. The Bertz CT molecular complexity index is 445. The van der Waals surface area contributed by atoms with E-state index in [9.17, 15) is 0 Å². The van der Waals surface area contributed by atoms with Gasteiger partial charge in [0, 0.05) is 26.3 Å². The number of nitrogens with zero attached hydrogens (tertiary/aromatic N) is 3. The lowest BCUT2D eigenvalue weighted by Gasteiger charge is -2.41. The smallest absolute Gasteiger partial charge is 0.191 e. The van der Waals surface area contributed by atoms with Crippen LogP contribution in [0.4, 0.5) is 0 Å². The van der Waals surface area contributed by atoms with Gasteiger partial charge in [0.25, 0.3) is 0 Å². The quantitative estimate of drug-likeness (QED) is 0.435. The molecular formula is C15H28IN5. The van der Waals surface area contributed by atoms with E-state index in [1.54, 1.807) is 0 Å². The predicted molar refractivity (Wildman–Crippen MR) is 98.3 cm³/mol. The van der Waals surface area contributed by atoms with Gasteiger partial charge in [0.2, 0.25) is 0 Å². The molecule has 5 nitrogen and oxygen atoms in total. The first kappa shape index (κ1) is 18.3. The number of aryl methyl sites for hydroxylation is 1. The van der Waals surface area contributed by atoms with Crippen molar-refractivity contribution in [3.05, 3.63) is 18.0 Å². The average Bonchev–Trinajstić information content (AvgIpc) is 2.81. The van der Waals surface area contributed by atoms with Crippen LogP contribution in [0.15, 0.2) is 17.4 Å². The third-order valence-electron chi connectivity index (χ3n) is 4.41. The molecule has 1 aliphatic rings. The number of nitrogens with one attached hydrogen (secondary N) is 2. The first-order valence-corrected chi connectivity index (χ1v) is 7.61. The van der Waals surface area contributed by atoms with Crippen LogP contribution in [-0.2, 0) is 6.54 Å². The van der Waals surface area contributed by atoms with Crippen molar-refractivity contribution in [2.75, 3.05) is 20.1 Å². The Labute approximate surface area is 145 Å². The Balaban J connectivity index is 0.00000220. The number of aromatic nitrogens is 2. The van der Waals surface area contributed by atoms with Crippen molar-refractivity contribution in [1.82, 2.24) is 20.4 Å². The Morgan fingerprint density at radius 3 is 2.67 bits per heavy atom. The maximum Gasteiger partial charge on any atom is 0.191 e. The fourth-order valence-electron chi connectivity index (χ4n) is 2.70. The first-order valence-electron chi connectivity index (χ1n) is 7.61. The normalized spacial score (nSPS) is 16.8. The summed E-state index contributed by atoms with van der Waals surface area (Å²) in [5, 5.41) is 11.1. The van der Waals surface area contributed by atoms with Crippen LogP contribution in [0.1, 0.15) is 38.2 Å². The fourth-order valence-corrected chi connectivity index (χ4v) is 2.70. The standard InChI is InChI=1S/C15H27N5.HI/c1-4-15(6-5-7-15)12-18-14(16-3)17-8-9-20-11-13(2)10-19-20;/h10-11H,4-9,12H2,1-3H3,(H2,16,17,18);1H. The van der Waals surface area contributed by atoms with Crippen LogP contribution in [-0.4, -0.2) is 35.9 Å². The molecule has 0 aromatic carbocycles. The monoisotopic (exact) mass is 405 g/mol. The zero-order chi connectivity index (χ0) is 14.4. The molecular weight excluding hydrogens is 377 g/mol. The summed E-state index contributed by atoms with van der Waals surface area (Å²) < 4.78 is 1.95. The Morgan fingerprint density at radius 2 is 2.19 bits per heavy atom. The predicted octanol–water partition coefficient (Wildman–Crippen LogP) is 2.55. The second-order valence-electron chi connectivity index (χ2n) is 5.84. The number of aliphatic imine (C=N–C) groups is 1. The molecule has 0 aliphatic heterocycles. The van der Waals surface area contributed by atoms with Crippen molar-refractivity contribution in [3.8, 4) is 0 Å². The summed E-state index contributed by atoms with van der Waals surface area (Å²) in [6.45, 7) is 7.06. The van der Waals surface area contributed by atoms with Crippen molar-refractivity contribution in [2.45, 2.75) is 46.1 Å². The molecule has 2 rings (SSSR count). The molecule has 0 radical (unpaired) electrons. The maximum atomic E-state index is 4.28. The highest BCUT2D eigenvalue weighted by molar-refractivity contribution is 14.0. The fraction of sp³-hybridized carbons (Fsp3) is 0.733. The Hall–Kier alpha value is -0.790. The molecule has 0 spiro atoms. The summed E-state index contributed by atoms with van der Waals surface area (Å²) in [5.41, 5.74) is 1.71. The summed E-state index contributed by atoms with van der Waals surface area (Å²) in [4.78, 5) is 4.28. The molecule has 0 unspecified atom stereocenters. The van der Waals surface area contributed by atoms with Crippen LogP contribution in [0.25, 0.3) is 0 Å². The minimum atomic E-state index is 0. The number of halogens is 1. The topological polar surface area (TPSA) is 54.2 Å². The molecule has 0 bridgehead atoms. The number of rotatable bonds is 6. The molecule has 6 heteroatoms. The zero-order valence-corrected chi connectivity index (χ0v) is 15.7. The van der Waals surface area contributed by atoms with E-state index >= 15 is 0 Å². The van der Waals surface area contributed by atoms with Gasteiger partial charge in [0.05, 0.1) is 12.7 Å². The van der Waals surface area contributed by atoms with Gasteiger partial charge in [-0.05, 0) is 37.2 Å². The van der Waals surface area contributed by atoms with Crippen molar-refractivity contribution in [3.63, 3.8) is 0 Å². The number of guanidine groups is 1. The lowest BCUT2D eigenvalue weighted by molar-refractivity contribution is 0.131. The summed E-state index contributed by atoms with van der Waals surface area (Å²) in [7, 11) is 1.83. The van der Waals surface area contributed by atoms with E-state index in [1.165, 1.54) is 31.2 Å². The van der Waals surface area contributed by atoms with E-state index < -0.39 is 0 Å². The van der Waals surface area contributed by atoms with Crippen LogP contribution < -0.4 is 10.6 Å². The lowest BCUT2D eigenvalue weighted by Crippen LogP contribution is -2.46. The maximum absolute atomic E-state index is 4.28. The van der Waals surface area contributed by atoms with Gasteiger partial charge in [0.15, 0.2) is 5.96 Å². The highest BCUT2D eigenvalue weighted by Gasteiger charge is 2.34. The molecule has 1 aliphatic carbocycles. The van der Waals surface area contributed by atoms with Gasteiger partial charge in [0.1, 0.15) is 0 Å². The van der Waals surface area contributed by atoms with Gasteiger partial charge in [-0.25, -0.2) is 0 Å². The minimum absolute atomic E-state index is 0. The average molecular weight is 405 g/mol. The second kappa shape index (κ2) is 8.60. The SMILES string of the molecule is CCC1(CNC(=NC)NCCn2cc(C)cn2)CCC1.I. The minimum Gasteiger partial charge on any atom is -0.356 e. The Morgan fingerprint density at radius 1 is 1.43 bits per heavy atom. The van der Waals surface area contributed by atoms with E-state index in [0.29, 0.717) is 5.41 Å². The van der Waals surface area contributed by atoms with Gasteiger partial charge in [-0.2, -0.15) is 5.10 Å². The van der Waals surface area contributed by atoms with Crippen LogP contribution in [0, 0.1) is 12.3 Å². The van der Waals surface area contributed by atoms with E-state index in [4.69, 9.17) is 0 Å². The van der Waals surface area contributed by atoms with E-state index in [-0.39, 0.29) is 24.0 Å². The largest absolute Gasteiger partial charge is 0.356 e. The van der Waals surface area contributed by atoms with E-state index in [1.807, 2.05) is 17.9 Å². The van der Waals surface area contributed by atoms with Crippen LogP contribution in [0.3, 0.4) is 0 Å². The van der Waals surface area contributed by atoms with Gasteiger partial charge >= 0.3 is 0 Å². The van der Waals surface area contributed by atoms with Gasteiger partial charge in [-0.1, -0.05) is 13.3 Å². The van der Waals surface area contributed by atoms with E-state index in [0.717, 1.165) is 25.6 Å². The molecule has 1 fully saturated rings. The van der Waals surface area contributed by atoms with Gasteiger partial charge in [-0.15, -0.1) is 24.0 Å². The summed E-state index contributed by atoms with van der Waals surface area (Å²) in [6.07, 6.45) is 9.26. The van der Waals surface area contributed by atoms with Crippen molar-refractivity contribution in [1.29, 1.82) is 0 Å². The zero-order valence-electron chi connectivity index (χ0n) is 13.4. The molecule has 1 saturated carbocycles. The molecule has 1 aromatic heterocycles. The third-order valence-corrected chi connectivity index (χ3v) is 4.41. The molecule has 1 aromatic rings. The molecule has 21 heavy (non-hydrogen) atoms. The van der Waals surface area contributed by atoms with Crippen molar-refractivity contribution < 1.29 is 0 Å². The molecule has 120 valence electrons. The molecule has 0 saturated heterocycles. The van der Waals surface area contributed by atoms with Gasteiger partial charge in [-0.3, -0.25) is 9.67 Å². The Kier molecular flexibility index (Phi) is 7.48. The number of hydrogen-bond donors (Lipinski definition) is 2. The van der Waals surface area contributed by atoms with Crippen molar-refractivity contribution in [2.24, 2.45) is 10.4 Å². The molecule has 0 amide bonds. The second-order valence-corrected chi connectivity index (χ2v) is 5.84. The summed E-state index contributed by atoms with van der Waals surface area (Å²) in [5.74, 6) is 0.897. The molecule has 2 N–H and O–H groups in total. The van der Waals surface area contributed by atoms with Crippen LogP contribution in [0.5, 0.6) is 0 Å². The third kappa shape index (κ3) is 5.16.